The van der Waals surface area contributed by atoms with Gasteiger partial charge in [0.1, 0.15) is 0 Å². The number of carbonyl (C=O) groups excluding carboxylic acids is 1. The largest absolute Gasteiger partial charge is 0.377 e. The minimum atomic E-state index is 0.0920. The Hall–Kier alpha value is -0.870. The maximum atomic E-state index is 11.6. The van der Waals surface area contributed by atoms with E-state index >= 15 is 0 Å². The first-order chi connectivity index (χ1) is 9.34. The zero-order chi connectivity index (χ0) is 13.3. The number of hydrogen-bond donors (Lipinski definition) is 2. The lowest BCUT2D eigenvalue weighted by atomic mass is 9.97. The number of ether oxygens (including phenoxy) is 1. The SMILES string of the molecule is O=C(CNCC1CCCO1)NCCC1=CCCCC1. The van der Waals surface area contributed by atoms with Crippen molar-refractivity contribution in [2.45, 2.75) is 51.0 Å². The molecule has 2 rings (SSSR count). The van der Waals surface area contributed by atoms with Gasteiger partial charge < -0.3 is 15.4 Å². The molecule has 0 spiro atoms. The molecule has 2 N–H and O–H groups in total. The minimum absolute atomic E-state index is 0.0920. The Morgan fingerprint density at radius 1 is 1.37 bits per heavy atom. The summed E-state index contributed by atoms with van der Waals surface area (Å²) in [4.78, 5) is 11.6. The smallest absolute Gasteiger partial charge is 0.233 e. The summed E-state index contributed by atoms with van der Waals surface area (Å²) in [5.74, 6) is 0.0920. The van der Waals surface area contributed by atoms with Gasteiger partial charge in [-0.2, -0.15) is 0 Å². The minimum Gasteiger partial charge on any atom is -0.377 e. The van der Waals surface area contributed by atoms with Crippen molar-refractivity contribution in [2.75, 3.05) is 26.2 Å². The molecule has 1 atom stereocenters. The van der Waals surface area contributed by atoms with Crippen molar-refractivity contribution < 1.29 is 9.53 Å². The van der Waals surface area contributed by atoms with E-state index in [1.54, 1.807) is 0 Å². The molecule has 1 unspecified atom stereocenters. The normalized spacial score (nSPS) is 23.2. The number of carbonyl (C=O) groups is 1. The highest BCUT2D eigenvalue weighted by molar-refractivity contribution is 5.77. The average Bonchev–Trinajstić information content (AvgIpc) is 2.93. The van der Waals surface area contributed by atoms with E-state index in [1.807, 2.05) is 0 Å². The van der Waals surface area contributed by atoms with E-state index in [0.29, 0.717) is 12.6 Å². The van der Waals surface area contributed by atoms with Crippen LogP contribution >= 0.6 is 0 Å². The van der Waals surface area contributed by atoms with Crippen LogP contribution in [0.2, 0.25) is 0 Å². The molecule has 4 nitrogen and oxygen atoms in total. The summed E-state index contributed by atoms with van der Waals surface area (Å²) in [6.07, 6.45) is 11.0. The first kappa shape index (κ1) is 14.5. The van der Waals surface area contributed by atoms with Gasteiger partial charge in [0.25, 0.3) is 0 Å². The van der Waals surface area contributed by atoms with E-state index in [1.165, 1.54) is 31.3 Å². The zero-order valence-corrected chi connectivity index (χ0v) is 11.7. The molecule has 1 aliphatic carbocycles. The van der Waals surface area contributed by atoms with Crippen LogP contribution in [0.1, 0.15) is 44.9 Å². The summed E-state index contributed by atoms with van der Waals surface area (Å²) in [5, 5.41) is 6.14. The monoisotopic (exact) mass is 266 g/mol. The highest BCUT2D eigenvalue weighted by Gasteiger charge is 2.14. The maximum absolute atomic E-state index is 11.6. The standard InChI is InChI=1S/C15H26N2O2/c18-15(12-16-11-14-7-4-10-19-14)17-9-8-13-5-2-1-3-6-13/h5,14,16H,1-4,6-12H2,(H,17,18). The summed E-state index contributed by atoms with van der Waals surface area (Å²) in [7, 11) is 0. The predicted octanol–water partition coefficient (Wildman–Crippen LogP) is 1.76. The first-order valence-corrected chi connectivity index (χ1v) is 7.61. The topological polar surface area (TPSA) is 50.4 Å². The summed E-state index contributed by atoms with van der Waals surface area (Å²) in [5.41, 5.74) is 1.51. The van der Waals surface area contributed by atoms with Crippen LogP contribution in [0, 0.1) is 0 Å². The van der Waals surface area contributed by atoms with Crippen LogP contribution in [0.5, 0.6) is 0 Å². The van der Waals surface area contributed by atoms with Crippen LogP contribution < -0.4 is 10.6 Å². The van der Waals surface area contributed by atoms with Gasteiger partial charge >= 0.3 is 0 Å². The lowest BCUT2D eigenvalue weighted by Gasteiger charge is -2.13. The Morgan fingerprint density at radius 3 is 3.05 bits per heavy atom. The fourth-order valence-corrected chi connectivity index (χ4v) is 2.71. The highest BCUT2D eigenvalue weighted by Crippen LogP contribution is 2.19. The van der Waals surface area contributed by atoms with Gasteiger partial charge in [-0.3, -0.25) is 4.79 Å². The number of rotatable bonds is 7. The Labute approximate surface area is 116 Å². The van der Waals surface area contributed by atoms with Gasteiger partial charge in [-0.15, -0.1) is 0 Å². The maximum Gasteiger partial charge on any atom is 0.233 e. The summed E-state index contributed by atoms with van der Waals surface area (Å²) >= 11 is 0. The first-order valence-electron chi connectivity index (χ1n) is 7.61. The molecule has 1 saturated heterocycles. The number of nitrogens with one attached hydrogen (secondary N) is 2. The Kier molecular flexibility index (Phi) is 6.37. The third-order valence-electron chi connectivity index (χ3n) is 3.83. The molecule has 2 aliphatic rings. The van der Waals surface area contributed by atoms with E-state index < -0.39 is 0 Å². The van der Waals surface area contributed by atoms with Gasteiger partial charge in [-0.25, -0.2) is 0 Å². The summed E-state index contributed by atoms with van der Waals surface area (Å²) in [6, 6.07) is 0. The lowest BCUT2D eigenvalue weighted by molar-refractivity contribution is -0.120. The molecule has 0 radical (unpaired) electrons. The molecule has 19 heavy (non-hydrogen) atoms. The van der Waals surface area contributed by atoms with Crippen LogP contribution in [0.15, 0.2) is 11.6 Å². The predicted molar refractivity (Wildman–Crippen MR) is 76.0 cm³/mol. The molecular weight excluding hydrogens is 240 g/mol. The second-order valence-electron chi connectivity index (χ2n) is 5.47. The van der Waals surface area contributed by atoms with Crippen molar-refractivity contribution >= 4 is 5.91 Å². The fraction of sp³-hybridized carbons (Fsp3) is 0.800. The molecule has 1 amide bonds. The number of amides is 1. The quantitative estimate of drug-likeness (QED) is 0.690. The Bertz CT molecular complexity index is 309. The van der Waals surface area contributed by atoms with E-state index in [-0.39, 0.29) is 5.91 Å². The van der Waals surface area contributed by atoms with Crippen LogP contribution in [0.25, 0.3) is 0 Å². The van der Waals surface area contributed by atoms with Crippen molar-refractivity contribution in [1.82, 2.24) is 10.6 Å². The van der Waals surface area contributed by atoms with Crippen LogP contribution in [0.3, 0.4) is 0 Å². The van der Waals surface area contributed by atoms with Crippen molar-refractivity contribution in [3.8, 4) is 0 Å². The molecule has 0 saturated carbocycles. The third-order valence-corrected chi connectivity index (χ3v) is 3.83. The van der Waals surface area contributed by atoms with E-state index in [9.17, 15) is 4.79 Å². The average molecular weight is 266 g/mol. The van der Waals surface area contributed by atoms with Gasteiger partial charge in [-0.1, -0.05) is 11.6 Å². The van der Waals surface area contributed by atoms with Gasteiger partial charge in [0.05, 0.1) is 12.6 Å². The number of hydrogen-bond acceptors (Lipinski definition) is 3. The molecule has 0 aromatic heterocycles. The molecule has 108 valence electrons. The second-order valence-corrected chi connectivity index (χ2v) is 5.47. The third kappa shape index (κ3) is 5.74. The van der Waals surface area contributed by atoms with Crippen molar-refractivity contribution in [3.05, 3.63) is 11.6 Å². The summed E-state index contributed by atoms with van der Waals surface area (Å²) < 4.78 is 5.49. The molecule has 4 heteroatoms. The van der Waals surface area contributed by atoms with Crippen LogP contribution in [-0.4, -0.2) is 38.3 Å². The Morgan fingerprint density at radius 2 is 2.32 bits per heavy atom. The molecule has 1 heterocycles. The molecule has 1 fully saturated rings. The van der Waals surface area contributed by atoms with Crippen molar-refractivity contribution in [1.29, 1.82) is 0 Å². The summed E-state index contributed by atoms with van der Waals surface area (Å²) in [6.45, 7) is 2.83. The molecule has 0 bridgehead atoms. The van der Waals surface area contributed by atoms with E-state index in [4.69, 9.17) is 4.74 Å². The van der Waals surface area contributed by atoms with Gasteiger partial charge in [0, 0.05) is 19.7 Å². The molecular formula is C15H26N2O2. The number of allylic oxidation sites excluding steroid dienone is 1. The van der Waals surface area contributed by atoms with Gasteiger partial charge in [0.2, 0.25) is 5.91 Å². The second kappa shape index (κ2) is 8.33. The Balaban J connectivity index is 1.48. The van der Waals surface area contributed by atoms with Crippen LogP contribution in [0.4, 0.5) is 0 Å². The van der Waals surface area contributed by atoms with Crippen LogP contribution in [-0.2, 0) is 9.53 Å². The molecule has 1 aliphatic heterocycles. The van der Waals surface area contributed by atoms with Crippen molar-refractivity contribution in [3.63, 3.8) is 0 Å². The molecule has 0 aromatic carbocycles. The zero-order valence-electron chi connectivity index (χ0n) is 11.7. The fourth-order valence-electron chi connectivity index (χ4n) is 2.71. The molecule has 0 aromatic rings. The lowest BCUT2D eigenvalue weighted by Crippen LogP contribution is -2.37. The highest BCUT2D eigenvalue weighted by atomic mass is 16.5. The van der Waals surface area contributed by atoms with Gasteiger partial charge in [-0.05, 0) is 44.9 Å². The van der Waals surface area contributed by atoms with E-state index in [2.05, 4.69) is 16.7 Å². The van der Waals surface area contributed by atoms with E-state index in [0.717, 1.165) is 39.0 Å². The van der Waals surface area contributed by atoms with Crippen molar-refractivity contribution in [2.24, 2.45) is 0 Å². The van der Waals surface area contributed by atoms with Gasteiger partial charge in [0.15, 0.2) is 0 Å².